The Kier molecular flexibility index (Phi) is 5.25. The lowest BCUT2D eigenvalue weighted by atomic mass is 10.2. The molecule has 2 aromatic rings. The van der Waals surface area contributed by atoms with Crippen LogP contribution < -0.4 is 10.2 Å². The van der Waals surface area contributed by atoms with Crippen molar-refractivity contribution in [3.8, 4) is 0 Å². The van der Waals surface area contributed by atoms with Crippen molar-refractivity contribution in [2.24, 2.45) is 0 Å². The fourth-order valence-corrected chi connectivity index (χ4v) is 2.05. The van der Waals surface area contributed by atoms with Crippen LogP contribution in [-0.2, 0) is 9.59 Å². The Morgan fingerprint density at radius 1 is 1.05 bits per heavy atom. The van der Waals surface area contributed by atoms with E-state index in [1.54, 1.807) is 12.1 Å². The van der Waals surface area contributed by atoms with E-state index in [0.717, 1.165) is 0 Å². The number of benzene rings is 2. The number of amides is 2. The molecule has 2 rings (SSSR count). The van der Waals surface area contributed by atoms with Crippen molar-refractivity contribution in [1.29, 1.82) is 0 Å². The summed E-state index contributed by atoms with van der Waals surface area (Å²) in [4.78, 5) is 25.1. The van der Waals surface area contributed by atoms with Gasteiger partial charge >= 0.3 is 0 Å². The first-order valence-corrected chi connectivity index (χ1v) is 6.95. The molecule has 0 radical (unpaired) electrons. The van der Waals surface area contributed by atoms with Gasteiger partial charge in [0.25, 0.3) is 0 Å². The molecule has 0 heterocycles. The number of halogens is 1. The van der Waals surface area contributed by atoms with Crippen LogP contribution in [0.15, 0.2) is 54.6 Å². The number of para-hydroxylation sites is 1. The molecule has 22 heavy (non-hydrogen) atoms. The standard InChI is InChI=1S/C17H17FN2O2/c1-13(21)20(16-9-7-14(18)8-10-16)12-11-17(22)19-15-5-3-2-4-6-15/h2-10H,11-12H2,1H3,(H,19,22). The molecule has 0 spiro atoms. The van der Waals surface area contributed by atoms with Crippen LogP contribution in [0, 0.1) is 5.82 Å². The molecule has 0 bridgehead atoms. The molecule has 0 aliphatic heterocycles. The van der Waals surface area contributed by atoms with Crippen molar-refractivity contribution in [3.05, 3.63) is 60.4 Å². The van der Waals surface area contributed by atoms with E-state index in [9.17, 15) is 14.0 Å². The van der Waals surface area contributed by atoms with Crippen LogP contribution in [-0.4, -0.2) is 18.4 Å². The van der Waals surface area contributed by atoms with Gasteiger partial charge in [-0.1, -0.05) is 18.2 Å². The van der Waals surface area contributed by atoms with Crippen LogP contribution in [0.25, 0.3) is 0 Å². The summed E-state index contributed by atoms with van der Waals surface area (Å²) >= 11 is 0. The number of hydrogen-bond donors (Lipinski definition) is 1. The molecule has 0 saturated heterocycles. The number of hydrogen-bond acceptors (Lipinski definition) is 2. The summed E-state index contributed by atoms with van der Waals surface area (Å²) in [6.07, 6.45) is 0.159. The van der Waals surface area contributed by atoms with E-state index >= 15 is 0 Å². The molecule has 5 heteroatoms. The minimum Gasteiger partial charge on any atom is -0.326 e. The summed E-state index contributed by atoms with van der Waals surface area (Å²) in [7, 11) is 0. The second kappa shape index (κ2) is 7.36. The summed E-state index contributed by atoms with van der Waals surface area (Å²) in [6, 6.07) is 14.7. The smallest absolute Gasteiger partial charge is 0.226 e. The highest BCUT2D eigenvalue weighted by atomic mass is 19.1. The van der Waals surface area contributed by atoms with Crippen molar-refractivity contribution in [2.75, 3.05) is 16.8 Å². The predicted octanol–water partition coefficient (Wildman–Crippen LogP) is 3.21. The molecule has 0 aliphatic carbocycles. The van der Waals surface area contributed by atoms with Crippen molar-refractivity contribution >= 4 is 23.2 Å². The SMILES string of the molecule is CC(=O)N(CCC(=O)Nc1ccccc1)c1ccc(F)cc1. The molecule has 2 amide bonds. The third-order valence-electron chi connectivity index (χ3n) is 3.14. The molecule has 1 N–H and O–H groups in total. The summed E-state index contributed by atoms with van der Waals surface area (Å²) in [5.74, 6) is -0.743. The number of anilines is 2. The highest BCUT2D eigenvalue weighted by Gasteiger charge is 2.13. The van der Waals surface area contributed by atoms with Crippen LogP contribution in [0.3, 0.4) is 0 Å². The Bertz CT molecular complexity index is 641. The second-order valence-electron chi connectivity index (χ2n) is 4.81. The van der Waals surface area contributed by atoms with Gasteiger partial charge in [0.05, 0.1) is 0 Å². The maximum absolute atomic E-state index is 12.9. The van der Waals surface area contributed by atoms with Gasteiger partial charge in [0.2, 0.25) is 11.8 Å². The molecule has 0 aliphatic rings. The van der Waals surface area contributed by atoms with E-state index in [1.165, 1.54) is 36.1 Å². The van der Waals surface area contributed by atoms with Gasteiger partial charge in [-0.25, -0.2) is 4.39 Å². The molecule has 4 nitrogen and oxygen atoms in total. The van der Waals surface area contributed by atoms with E-state index in [4.69, 9.17) is 0 Å². The number of carbonyl (C=O) groups excluding carboxylic acids is 2. The van der Waals surface area contributed by atoms with Crippen LogP contribution in [0.5, 0.6) is 0 Å². The number of nitrogens with one attached hydrogen (secondary N) is 1. The van der Waals surface area contributed by atoms with E-state index in [-0.39, 0.29) is 30.6 Å². The Hall–Kier alpha value is -2.69. The van der Waals surface area contributed by atoms with E-state index in [0.29, 0.717) is 11.4 Å². The van der Waals surface area contributed by atoms with E-state index in [2.05, 4.69) is 5.32 Å². The Morgan fingerprint density at radius 2 is 1.68 bits per heavy atom. The fourth-order valence-electron chi connectivity index (χ4n) is 2.05. The first-order chi connectivity index (χ1) is 10.6. The number of carbonyl (C=O) groups is 2. The normalized spacial score (nSPS) is 10.1. The van der Waals surface area contributed by atoms with Gasteiger partial charge in [-0.15, -0.1) is 0 Å². The maximum Gasteiger partial charge on any atom is 0.226 e. The molecule has 0 fully saturated rings. The van der Waals surface area contributed by atoms with Crippen molar-refractivity contribution < 1.29 is 14.0 Å². The van der Waals surface area contributed by atoms with Crippen molar-refractivity contribution in [3.63, 3.8) is 0 Å². The molecule has 0 saturated carbocycles. The molecule has 114 valence electrons. The maximum atomic E-state index is 12.9. The number of rotatable bonds is 5. The highest BCUT2D eigenvalue weighted by Crippen LogP contribution is 2.16. The van der Waals surface area contributed by atoms with Gasteiger partial charge in [-0.05, 0) is 36.4 Å². The largest absolute Gasteiger partial charge is 0.326 e. The monoisotopic (exact) mass is 300 g/mol. The van der Waals surface area contributed by atoms with Crippen LogP contribution in [0.4, 0.5) is 15.8 Å². The Morgan fingerprint density at radius 3 is 2.27 bits per heavy atom. The molecule has 0 unspecified atom stereocenters. The molecular formula is C17H17FN2O2. The zero-order valence-corrected chi connectivity index (χ0v) is 12.3. The van der Waals surface area contributed by atoms with Crippen LogP contribution >= 0.6 is 0 Å². The second-order valence-corrected chi connectivity index (χ2v) is 4.81. The zero-order chi connectivity index (χ0) is 15.9. The minimum atomic E-state index is -0.367. The molecular weight excluding hydrogens is 283 g/mol. The predicted molar refractivity (Wildman–Crippen MR) is 84.1 cm³/mol. The summed E-state index contributed by atoms with van der Waals surface area (Å²) < 4.78 is 12.9. The average Bonchev–Trinajstić information content (AvgIpc) is 2.50. The van der Waals surface area contributed by atoms with Crippen molar-refractivity contribution in [1.82, 2.24) is 0 Å². The van der Waals surface area contributed by atoms with Gasteiger partial charge < -0.3 is 10.2 Å². The zero-order valence-electron chi connectivity index (χ0n) is 12.3. The molecule has 2 aromatic carbocycles. The minimum absolute atomic E-state index is 0.159. The molecule has 0 aromatic heterocycles. The van der Waals surface area contributed by atoms with Crippen molar-refractivity contribution in [2.45, 2.75) is 13.3 Å². The summed E-state index contributed by atoms with van der Waals surface area (Å²) in [5, 5.41) is 2.76. The lowest BCUT2D eigenvalue weighted by Crippen LogP contribution is -2.31. The van der Waals surface area contributed by atoms with Gasteiger partial charge in [-0.2, -0.15) is 0 Å². The van der Waals surface area contributed by atoms with Gasteiger partial charge in [0.1, 0.15) is 5.82 Å². The topological polar surface area (TPSA) is 49.4 Å². The highest BCUT2D eigenvalue weighted by molar-refractivity contribution is 5.94. The lowest BCUT2D eigenvalue weighted by Gasteiger charge is -2.21. The van der Waals surface area contributed by atoms with Crippen LogP contribution in [0.2, 0.25) is 0 Å². The average molecular weight is 300 g/mol. The lowest BCUT2D eigenvalue weighted by molar-refractivity contribution is -0.117. The summed E-state index contributed by atoms with van der Waals surface area (Å²) in [6.45, 7) is 1.65. The van der Waals surface area contributed by atoms with Gasteiger partial charge in [0.15, 0.2) is 0 Å². The van der Waals surface area contributed by atoms with E-state index in [1.807, 2.05) is 18.2 Å². The fraction of sp³-hybridized carbons (Fsp3) is 0.176. The number of nitrogens with zero attached hydrogens (tertiary/aromatic N) is 1. The first-order valence-electron chi connectivity index (χ1n) is 6.95. The molecule has 0 atom stereocenters. The third-order valence-corrected chi connectivity index (χ3v) is 3.14. The van der Waals surface area contributed by atoms with Gasteiger partial charge in [0, 0.05) is 31.3 Å². The first kappa shape index (κ1) is 15.7. The third kappa shape index (κ3) is 4.41. The Balaban J connectivity index is 1.96. The van der Waals surface area contributed by atoms with Gasteiger partial charge in [-0.3, -0.25) is 9.59 Å². The van der Waals surface area contributed by atoms with Crippen LogP contribution in [0.1, 0.15) is 13.3 Å². The summed E-state index contributed by atoms with van der Waals surface area (Å²) in [5.41, 5.74) is 1.28. The van der Waals surface area contributed by atoms with E-state index < -0.39 is 0 Å². The quantitative estimate of drug-likeness (QED) is 0.921. The Labute approximate surface area is 128 Å².